The quantitative estimate of drug-likeness (QED) is 0.749. The molecule has 19 heavy (non-hydrogen) atoms. The van der Waals surface area contributed by atoms with Crippen molar-refractivity contribution < 1.29 is 0 Å². The van der Waals surface area contributed by atoms with Crippen LogP contribution in [0.4, 0.5) is 0 Å². The second-order valence-electron chi connectivity index (χ2n) is 8.70. The Bertz CT molecular complexity index is 272. The van der Waals surface area contributed by atoms with Gasteiger partial charge in [-0.3, -0.25) is 9.80 Å². The maximum Gasteiger partial charge on any atom is 0.0503 e. The predicted octanol–water partition coefficient (Wildman–Crippen LogP) is 3.93. The third kappa shape index (κ3) is 4.75. The van der Waals surface area contributed by atoms with Gasteiger partial charge in [-0.15, -0.1) is 0 Å². The molecule has 1 rings (SSSR count). The van der Waals surface area contributed by atoms with Gasteiger partial charge in [-0.1, -0.05) is 48.5 Å². The summed E-state index contributed by atoms with van der Waals surface area (Å²) in [4.78, 5) is 5.18. The molecule has 0 spiro atoms. The number of hydrogen-bond acceptors (Lipinski definition) is 2. The normalized spacial score (nSPS) is 28.4. The molecule has 2 atom stereocenters. The molecule has 0 aromatic carbocycles. The first-order chi connectivity index (χ1) is 8.55. The topological polar surface area (TPSA) is 6.48 Å². The fraction of sp³-hybridized carbons (Fsp3) is 1.00. The fourth-order valence-corrected chi connectivity index (χ4v) is 3.56. The van der Waals surface area contributed by atoms with Crippen LogP contribution in [0, 0.1) is 22.7 Å². The first-order valence-corrected chi connectivity index (χ1v) is 7.96. The van der Waals surface area contributed by atoms with E-state index in [1.807, 2.05) is 0 Å². The lowest BCUT2D eigenvalue weighted by Gasteiger charge is -2.44. The van der Waals surface area contributed by atoms with Crippen molar-refractivity contribution in [1.82, 2.24) is 9.80 Å². The summed E-state index contributed by atoms with van der Waals surface area (Å²) in [7, 11) is 2.28. The Morgan fingerprint density at radius 2 is 1.37 bits per heavy atom. The lowest BCUT2D eigenvalue weighted by atomic mass is 9.64. The molecule has 0 aliphatic carbocycles. The van der Waals surface area contributed by atoms with Crippen molar-refractivity contribution in [3.8, 4) is 0 Å². The summed E-state index contributed by atoms with van der Waals surface area (Å²) in [6, 6.07) is 0. The molecule has 2 nitrogen and oxygen atoms in total. The minimum atomic E-state index is 0.383. The molecule has 1 aliphatic rings. The lowest BCUT2D eigenvalue weighted by molar-refractivity contribution is 0.0569. The smallest absolute Gasteiger partial charge is 0.0503 e. The molecule has 0 bridgehead atoms. The Hall–Kier alpha value is -0.0800. The Balaban J connectivity index is 3.01. The van der Waals surface area contributed by atoms with Crippen LogP contribution >= 0.6 is 0 Å². The van der Waals surface area contributed by atoms with E-state index in [2.05, 4.69) is 65.3 Å². The summed E-state index contributed by atoms with van der Waals surface area (Å²) in [6.45, 7) is 21.6. The highest BCUT2D eigenvalue weighted by Crippen LogP contribution is 2.43. The zero-order valence-electron chi connectivity index (χ0n) is 14.6. The third-order valence-corrected chi connectivity index (χ3v) is 4.65. The van der Waals surface area contributed by atoms with E-state index in [1.54, 1.807) is 0 Å². The van der Waals surface area contributed by atoms with Crippen LogP contribution in [0.3, 0.4) is 0 Å². The molecule has 0 amide bonds. The van der Waals surface area contributed by atoms with E-state index in [9.17, 15) is 0 Å². The summed E-state index contributed by atoms with van der Waals surface area (Å²) < 4.78 is 0. The summed E-state index contributed by atoms with van der Waals surface area (Å²) >= 11 is 0. The molecule has 2 unspecified atom stereocenters. The van der Waals surface area contributed by atoms with Crippen LogP contribution in [0.25, 0.3) is 0 Å². The molecule has 1 heterocycles. The van der Waals surface area contributed by atoms with Gasteiger partial charge in [0.2, 0.25) is 0 Å². The largest absolute Gasteiger partial charge is 0.293 e. The Morgan fingerprint density at radius 1 is 0.895 bits per heavy atom. The van der Waals surface area contributed by atoms with Crippen LogP contribution in [-0.4, -0.2) is 43.2 Å². The molecular weight excluding hydrogens is 232 g/mol. The lowest BCUT2D eigenvalue weighted by Crippen LogP contribution is -2.42. The van der Waals surface area contributed by atoms with Crippen LogP contribution in [-0.2, 0) is 0 Å². The van der Waals surface area contributed by atoms with Gasteiger partial charge in [0.15, 0.2) is 0 Å². The number of hydrogen-bond donors (Lipinski definition) is 0. The second-order valence-corrected chi connectivity index (χ2v) is 8.70. The fourth-order valence-electron chi connectivity index (χ4n) is 3.56. The third-order valence-electron chi connectivity index (χ3n) is 4.65. The van der Waals surface area contributed by atoms with E-state index in [-0.39, 0.29) is 0 Å². The maximum absolute atomic E-state index is 2.65. The summed E-state index contributed by atoms with van der Waals surface area (Å²) in [5.74, 6) is 1.53. The van der Waals surface area contributed by atoms with Gasteiger partial charge in [-0.05, 0) is 42.7 Å². The molecule has 1 saturated heterocycles. The van der Waals surface area contributed by atoms with E-state index in [0.717, 1.165) is 18.5 Å². The van der Waals surface area contributed by atoms with Crippen LogP contribution < -0.4 is 0 Å². The minimum Gasteiger partial charge on any atom is -0.293 e. The van der Waals surface area contributed by atoms with E-state index in [0.29, 0.717) is 10.8 Å². The average Bonchev–Trinajstić information content (AvgIpc) is 2.36. The van der Waals surface area contributed by atoms with E-state index in [1.165, 1.54) is 26.1 Å². The predicted molar refractivity (Wildman–Crippen MR) is 85.3 cm³/mol. The molecule has 2 heteroatoms. The molecule has 114 valence electrons. The highest BCUT2D eigenvalue weighted by atomic mass is 15.3. The Labute approximate surface area is 121 Å². The van der Waals surface area contributed by atoms with Gasteiger partial charge in [-0.2, -0.15) is 0 Å². The van der Waals surface area contributed by atoms with Crippen LogP contribution in [0.1, 0.15) is 54.9 Å². The zero-order valence-corrected chi connectivity index (χ0v) is 14.6. The van der Waals surface area contributed by atoms with Crippen molar-refractivity contribution in [2.24, 2.45) is 22.7 Å². The van der Waals surface area contributed by atoms with Gasteiger partial charge in [0.05, 0.1) is 6.67 Å². The second kappa shape index (κ2) is 6.13. The Morgan fingerprint density at radius 3 is 1.79 bits per heavy atom. The molecule has 1 aliphatic heterocycles. The van der Waals surface area contributed by atoms with E-state index >= 15 is 0 Å². The molecule has 1 fully saturated rings. The highest BCUT2D eigenvalue weighted by Gasteiger charge is 2.41. The van der Waals surface area contributed by atoms with Crippen molar-refractivity contribution in [1.29, 1.82) is 0 Å². The van der Waals surface area contributed by atoms with Crippen molar-refractivity contribution in [3.05, 3.63) is 0 Å². The van der Waals surface area contributed by atoms with E-state index < -0.39 is 0 Å². The highest BCUT2D eigenvalue weighted by molar-refractivity contribution is 4.92. The van der Waals surface area contributed by atoms with Crippen LogP contribution in [0.5, 0.6) is 0 Å². The summed E-state index contributed by atoms with van der Waals surface area (Å²) in [6.07, 6.45) is 1.25. The standard InChI is InChI=1S/C17H36N2/c1-9-10-19-12-15(17(5,6)7)14(16(2,3)4)11-18(8)13-19/h14-15H,9-13H2,1-8H3. The SMILES string of the molecule is CCCN1CC(C(C)(C)C)C(C(C)(C)C)CN(C)C1. The summed E-state index contributed by atoms with van der Waals surface area (Å²) in [5, 5.41) is 0. The van der Waals surface area contributed by atoms with Crippen molar-refractivity contribution in [2.45, 2.75) is 54.9 Å². The molecule has 0 aromatic rings. The van der Waals surface area contributed by atoms with Crippen LogP contribution in [0.2, 0.25) is 0 Å². The van der Waals surface area contributed by atoms with Gasteiger partial charge in [0.25, 0.3) is 0 Å². The summed E-state index contributed by atoms with van der Waals surface area (Å²) in [5.41, 5.74) is 0.767. The number of rotatable bonds is 2. The van der Waals surface area contributed by atoms with Gasteiger partial charge in [0, 0.05) is 13.1 Å². The monoisotopic (exact) mass is 268 g/mol. The van der Waals surface area contributed by atoms with Crippen molar-refractivity contribution in [2.75, 3.05) is 33.4 Å². The van der Waals surface area contributed by atoms with Gasteiger partial charge < -0.3 is 0 Å². The first kappa shape index (κ1) is 17.0. The zero-order chi connectivity index (χ0) is 14.8. The van der Waals surface area contributed by atoms with E-state index in [4.69, 9.17) is 0 Å². The number of nitrogens with zero attached hydrogens (tertiary/aromatic N) is 2. The maximum atomic E-state index is 2.65. The van der Waals surface area contributed by atoms with Gasteiger partial charge >= 0.3 is 0 Å². The molecule has 0 N–H and O–H groups in total. The van der Waals surface area contributed by atoms with Crippen LogP contribution in [0.15, 0.2) is 0 Å². The molecular formula is C17H36N2. The minimum absolute atomic E-state index is 0.383. The van der Waals surface area contributed by atoms with Gasteiger partial charge in [-0.25, -0.2) is 0 Å². The molecule has 0 saturated carbocycles. The van der Waals surface area contributed by atoms with Crippen molar-refractivity contribution >= 4 is 0 Å². The average molecular weight is 268 g/mol. The molecule has 0 aromatic heterocycles. The molecule has 0 radical (unpaired) electrons. The van der Waals surface area contributed by atoms with Crippen molar-refractivity contribution in [3.63, 3.8) is 0 Å². The Kier molecular flexibility index (Phi) is 5.48. The van der Waals surface area contributed by atoms with Gasteiger partial charge in [0.1, 0.15) is 0 Å². The first-order valence-electron chi connectivity index (χ1n) is 7.96.